The third kappa shape index (κ3) is 6.88. The van der Waals surface area contributed by atoms with Crippen molar-refractivity contribution in [2.75, 3.05) is 13.1 Å². The molecular weight excluding hydrogens is 285 g/mol. The first-order valence-electron chi connectivity index (χ1n) is 5.26. The van der Waals surface area contributed by atoms with Gasteiger partial charge in [0.05, 0.1) is 0 Å². The molecule has 0 radical (unpaired) electrons. The van der Waals surface area contributed by atoms with Gasteiger partial charge in [-0.3, -0.25) is 4.79 Å². The van der Waals surface area contributed by atoms with E-state index in [4.69, 9.17) is 5.73 Å². The number of alkyl halides is 3. The van der Waals surface area contributed by atoms with E-state index in [0.717, 1.165) is 12.1 Å². The zero-order valence-electron chi connectivity index (χ0n) is 9.87. The van der Waals surface area contributed by atoms with Crippen LogP contribution in [0.1, 0.15) is 16.8 Å². The summed E-state index contributed by atoms with van der Waals surface area (Å²) in [5.41, 5.74) is 5.52. The second kappa shape index (κ2) is 7.85. The summed E-state index contributed by atoms with van der Waals surface area (Å²) in [6, 6.07) is 4.70. The molecule has 0 spiro atoms. The average Bonchev–Trinajstić information content (AvgIpc) is 2.28. The first-order valence-corrected chi connectivity index (χ1v) is 5.26. The van der Waals surface area contributed by atoms with Crippen molar-refractivity contribution in [3.05, 3.63) is 29.8 Å². The van der Waals surface area contributed by atoms with Gasteiger partial charge < -0.3 is 15.8 Å². The molecule has 0 aromatic heterocycles. The highest BCUT2D eigenvalue weighted by molar-refractivity contribution is 5.94. The number of nitrogens with two attached hydrogens (primary N) is 1. The Morgan fingerprint density at radius 2 is 1.84 bits per heavy atom. The van der Waals surface area contributed by atoms with Gasteiger partial charge in [0.1, 0.15) is 5.75 Å². The third-order valence-electron chi connectivity index (χ3n) is 2.02. The van der Waals surface area contributed by atoms with Crippen molar-refractivity contribution >= 4 is 18.3 Å². The van der Waals surface area contributed by atoms with E-state index in [0.29, 0.717) is 19.5 Å². The fraction of sp³-hybridized carbons (Fsp3) is 0.364. The molecule has 0 unspecified atom stereocenters. The summed E-state index contributed by atoms with van der Waals surface area (Å²) in [5.74, 6) is -0.719. The monoisotopic (exact) mass is 298 g/mol. The van der Waals surface area contributed by atoms with E-state index in [9.17, 15) is 18.0 Å². The molecule has 0 bridgehead atoms. The van der Waals surface area contributed by atoms with E-state index < -0.39 is 6.36 Å². The van der Waals surface area contributed by atoms with E-state index in [-0.39, 0.29) is 29.6 Å². The highest BCUT2D eigenvalue weighted by Gasteiger charge is 2.31. The Morgan fingerprint density at radius 1 is 1.26 bits per heavy atom. The van der Waals surface area contributed by atoms with E-state index in [1.54, 1.807) is 0 Å². The number of hydrogen-bond donors (Lipinski definition) is 2. The summed E-state index contributed by atoms with van der Waals surface area (Å²) in [5, 5.41) is 2.59. The molecule has 0 heterocycles. The fourth-order valence-electron chi connectivity index (χ4n) is 1.21. The summed E-state index contributed by atoms with van der Waals surface area (Å²) in [6.45, 7) is 0.884. The van der Waals surface area contributed by atoms with Crippen LogP contribution in [0.25, 0.3) is 0 Å². The minimum absolute atomic E-state index is 0. The minimum Gasteiger partial charge on any atom is -0.406 e. The fourth-order valence-corrected chi connectivity index (χ4v) is 1.21. The van der Waals surface area contributed by atoms with Crippen molar-refractivity contribution in [2.45, 2.75) is 12.8 Å². The molecule has 19 heavy (non-hydrogen) atoms. The molecule has 0 fully saturated rings. The lowest BCUT2D eigenvalue weighted by atomic mass is 10.2. The van der Waals surface area contributed by atoms with Crippen LogP contribution in [0.15, 0.2) is 24.3 Å². The van der Waals surface area contributed by atoms with Gasteiger partial charge in [-0.05, 0) is 37.2 Å². The molecule has 1 aromatic rings. The van der Waals surface area contributed by atoms with Crippen molar-refractivity contribution in [3.8, 4) is 5.75 Å². The van der Waals surface area contributed by atoms with Gasteiger partial charge in [0.15, 0.2) is 0 Å². The number of ether oxygens (including phenoxy) is 1. The first kappa shape index (κ1) is 17.5. The largest absolute Gasteiger partial charge is 0.573 e. The molecule has 8 heteroatoms. The molecule has 0 atom stereocenters. The Hall–Kier alpha value is -1.47. The van der Waals surface area contributed by atoms with E-state index >= 15 is 0 Å². The molecule has 3 N–H and O–H groups in total. The average molecular weight is 299 g/mol. The molecule has 0 aliphatic carbocycles. The van der Waals surface area contributed by atoms with Crippen LogP contribution in [0, 0.1) is 0 Å². The zero-order chi connectivity index (χ0) is 13.6. The van der Waals surface area contributed by atoms with Gasteiger partial charge in [0, 0.05) is 12.1 Å². The summed E-state index contributed by atoms with van der Waals surface area (Å²) in [7, 11) is 0. The number of hydrogen-bond acceptors (Lipinski definition) is 3. The Morgan fingerprint density at radius 3 is 2.32 bits per heavy atom. The molecule has 108 valence electrons. The number of amides is 1. The van der Waals surface area contributed by atoms with Crippen LogP contribution < -0.4 is 15.8 Å². The van der Waals surface area contributed by atoms with Gasteiger partial charge in [-0.25, -0.2) is 0 Å². The molecule has 0 saturated carbocycles. The van der Waals surface area contributed by atoms with Gasteiger partial charge in [-0.1, -0.05) is 0 Å². The summed E-state index contributed by atoms with van der Waals surface area (Å²) < 4.78 is 39.4. The van der Waals surface area contributed by atoms with Gasteiger partial charge in [-0.2, -0.15) is 0 Å². The van der Waals surface area contributed by atoms with Crippen LogP contribution in [0.3, 0.4) is 0 Å². The Bertz CT molecular complexity index is 396. The maximum atomic E-state index is 11.9. The zero-order valence-corrected chi connectivity index (χ0v) is 10.7. The molecule has 0 saturated heterocycles. The Balaban J connectivity index is 0.00000324. The van der Waals surface area contributed by atoms with Crippen LogP contribution in [0.5, 0.6) is 5.75 Å². The molecular formula is C11H14ClF3N2O2. The van der Waals surface area contributed by atoms with Crippen molar-refractivity contribution in [1.29, 1.82) is 0 Å². The summed E-state index contributed by atoms with van der Waals surface area (Å²) >= 11 is 0. The van der Waals surface area contributed by atoms with Gasteiger partial charge in [0.25, 0.3) is 5.91 Å². The SMILES string of the molecule is Cl.NCCCNC(=O)c1ccc(OC(F)(F)F)cc1. The van der Waals surface area contributed by atoms with Gasteiger partial charge in [-0.15, -0.1) is 25.6 Å². The standard InChI is InChI=1S/C11H13F3N2O2.ClH/c12-11(13,14)18-9-4-2-8(3-5-9)10(17)16-7-1-6-15;/h2-5H,1,6-7,15H2,(H,16,17);1H. The van der Waals surface area contributed by atoms with Crippen LogP contribution in [-0.4, -0.2) is 25.4 Å². The molecule has 1 aromatic carbocycles. The summed E-state index contributed by atoms with van der Waals surface area (Å²) in [6.07, 6.45) is -4.09. The van der Waals surface area contributed by atoms with Crippen LogP contribution >= 0.6 is 12.4 Å². The van der Waals surface area contributed by atoms with Gasteiger partial charge in [0.2, 0.25) is 0 Å². The van der Waals surface area contributed by atoms with E-state index in [2.05, 4.69) is 10.1 Å². The minimum atomic E-state index is -4.73. The second-order valence-electron chi connectivity index (χ2n) is 3.47. The molecule has 1 rings (SSSR count). The van der Waals surface area contributed by atoms with Crippen molar-refractivity contribution in [2.24, 2.45) is 5.73 Å². The normalized spacial score (nSPS) is 10.5. The number of nitrogens with one attached hydrogen (secondary N) is 1. The maximum absolute atomic E-state index is 11.9. The topological polar surface area (TPSA) is 64.3 Å². The van der Waals surface area contributed by atoms with Crippen LogP contribution in [0.2, 0.25) is 0 Å². The highest BCUT2D eigenvalue weighted by atomic mass is 35.5. The number of benzene rings is 1. The summed E-state index contributed by atoms with van der Waals surface area (Å²) in [4.78, 5) is 11.5. The Kier molecular flexibility index (Phi) is 7.25. The second-order valence-corrected chi connectivity index (χ2v) is 3.47. The lowest BCUT2D eigenvalue weighted by Crippen LogP contribution is -2.25. The number of carbonyl (C=O) groups excluding carboxylic acids is 1. The molecule has 0 aliphatic rings. The highest BCUT2D eigenvalue weighted by Crippen LogP contribution is 2.22. The quantitative estimate of drug-likeness (QED) is 0.818. The predicted octanol–water partition coefficient (Wildman–Crippen LogP) is 2.09. The molecule has 1 amide bonds. The molecule has 4 nitrogen and oxygen atoms in total. The number of carbonyl (C=O) groups is 1. The smallest absolute Gasteiger partial charge is 0.406 e. The number of halogens is 4. The van der Waals surface area contributed by atoms with Crippen molar-refractivity contribution < 1.29 is 22.7 Å². The third-order valence-corrected chi connectivity index (χ3v) is 2.02. The van der Waals surface area contributed by atoms with E-state index in [1.807, 2.05) is 0 Å². The molecule has 0 aliphatic heterocycles. The maximum Gasteiger partial charge on any atom is 0.573 e. The predicted molar refractivity (Wildman–Crippen MR) is 66.4 cm³/mol. The Labute approximate surface area is 114 Å². The van der Waals surface area contributed by atoms with Crippen LogP contribution in [-0.2, 0) is 0 Å². The number of rotatable bonds is 5. The lowest BCUT2D eigenvalue weighted by molar-refractivity contribution is -0.274. The van der Waals surface area contributed by atoms with E-state index in [1.165, 1.54) is 12.1 Å². The first-order chi connectivity index (χ1) is 8.42. The van der Waals surface area contributed by atoms with Crippen LogP contribution in [0.4, 0.5) is 13.2 Å². The van der Waals surface area contributed by atoms with Crippen molar-refractivity contribution in [1.82, 2.24) is 5.32 Å². The lowest BCUT2D eigenvalue weighted by Gasteiger charge is -2.09. The van der Waals surface area contributed by atoms with Gasteiger partial charge >= 0.3 is 6.36 Å². The van der Waals surface area contributed by atoms with Crippen molar-refractivity contribution in [3.63, 3.8) is 0 Å².